The average molecular weight is 399 g/mol. The highest BCUT2D eigenvalue weighted by atomic mass is 19.1. The van der Waals surface area contributed by atoms with Gasteiger partial charge in [-0.05, 0) is 71.2 Å². The molecule has 0 saturated carbocycles. The first-order valence-corrected chi connectivity index (χ1v) is 10.6. The van der Waals surface area contributed by atoms with Crippen molar-refractivity contribution in [3.8, 4) is 0 Å². The van der Waals surface area contributed by atoms with Crippen LogP contribution in [0.5, 0.6) is 0 Å². The number of nitrogens with zero attached hydrogens (tertiary/aromatic N) is 4. The number of hydrogen-bond acceptors (Lipinski definition) is 3. The predicted octanol–water partition coefficient (Wildman–Crippen LogP) is 4.08. The van der Waals surface area contributed by atoms with Gasteiger partial charge in [-0.1, -0.05) is 6.07 Å². The first-order chi connectivity index (χ1) is 13.8. The summed E-state index contributed by atoms with van der Waals surface area (Å²) in [7, 11) is 0. The van der Waals surface area contributed by atoms with E-state index in [4.69, 9.17) is 0 Å². The number of carbonyl (C=O) groups excluding carboxylic acids is 1. The molecule has 1 aromatic heterocycles. The molecule has 156 valence electrons. The van der Waals surface area contributed by atoms with Crippen molar-refractivity contribution in [3.05, 3.63) is 47.5 Å². The van der Waals surface area contributed by atoms with E-state index in [1.165, 1.54) is 6.07 Å². The summed E-state index contributed by atoms with van der Waals surface area (Å²) >= 11 is 0. The van der Waals surface area contributed by atoms with Crippen molar-refractivity contribution >= 4 is 11.6 Å². The minimum absolute atomic E-state index is 0.123. The lowest BCUT2D eigenvalue weighted by Crippen LogP contribution is -2.53. The number of likely N-dealkylation sites (tertiary alicyclic amines) is 1. The molecule has 3 heterocycles. The van der Waals surface area contributed by atoms with Gasteiger partial charge >= 0.3 is 0 Å². The fourth-order valence-electron chi connectivity index (χ4n) is 5.37. The molecule has 6 heteroatoms. The van der Waals surface area contributed by atoms with Crippen molar-refractivity contribution in [2.45, 2.75) is 77.5 Å². The molecule has 1 amide bonds. The number of halogens is 1. The van der Waals surface area contributed by atoms with Crippen LogP contribution in [0.2, 0.25) is 0 Å². The monoisotopic (exact) mass is 398 g/mol. The van der Waals surface area contributed by atoms with Crippen LogP contribution in [-0.2, 0) is 11.3 Å². The van der Waals surface area contributed by atoms with Crippen LogP contribution >= 0.6 is 0 Å². The van der Waals surface area contributed by atoms with Crippen LogP contribution in [0.1, 0.15) is 50.9 Å². The molecular formula is C23H31FN4O. The van der Waals surface area contributed by atoms with Gasteiger partial charge in [0.1, 0.15) is 5.82 Å². The molecule has 0 bridgehead atoms. The van der Waals surface area contributed by atoms with Gasteiger partial charge in [-0.15, -0.1) is 0 Å². The maximum Gasteiger partial charge on any atom is 0.224 e. The van der Waals surface area contributed by atoms with E-state index in [1.807, 2.05) is 30.7 Å². The zero-order valence-electron chi connectivity index (χ0n) is 17.9. The molecule has 0 spiro atoms. The quantitative estimate of drug-likeness (QED) is 0.779. The molecule has 29 heavy (non-hydrogen) atoms. The third kappa shape index (κ3) is 3.77. The summed E-state index contributed by atoms with van der Waals surface area (Å²) in [5.41, 5.74) is 2.86. The Hall–Kier alpha value is -2.37. The molecule has 0 N–H and O–H groups in total. The fraction of sp³-hybridized carbons (Fsp3) is 0.565. The van der Waals surface area contributed by atoms with Gasteiger partial charge in [0.2, 0.25) is 5.91 Å². The van der Waals surface area contributed by atoms with Crippen LogP contribution in [0.3, 0.4) is 0 Å². The summed E-state index contributed by atoms with van der Waals surface area (Å²) < 4.78 is 15.8. The number of aryl methyl sites for hydroxylation is 3. The summed E-state index contributed by atoms with van der Waals surface area (Å²) in [5.74, 6) is -0.0143. The van der Waals surface area contributed by atoms with E-state index in [9.17, 15) is 9.18 Å². The summed E-state index contributed by atoms with van der Waals surface area (Å²) in [6.45, 7) is 9.83. The first-order valence-electron chi connectivity index (χ1n) is 10.6. The van der Waals surface area contributed by atoms with Crippen LogP contribution in [-0.4, -0.2) is 44.8 Å². The number of carbonyl (C=O) groups is 1. The topological polar surface area (TPSA) is 41.4 Å². The van der Waals surface area contributed by atoms with Gasteiger partial charge < -0.3 is 9.80 Å². The Morgan fingerprint density at radius 3 is 2.72 bits per heavy atom. The number of anilines is 1. The van der Waals surface area contributed by atoms with Gasteiger partial charge in [-0.3, -0.25) is 9.48 Å². The average Bonchev–Trinajstić information content (AvgIpc) is 3.12. The Balaban J connectivity index is 1.52. The number of piperidine rings is 1. The summed E-state index contributed by atoms with van der Waals surface area (Å²) in [4.78, 5) is 17.6. The molecular weight excluding hydrogens is 367 g/mol. The minimum Gasteiger partial charge on any atom is -0.361 e. The number of aromatic nitrogens is 2. The van der Waals surface area contributed by atoms with Gasteiger partial charge in [0, 0.05) is 36.4 Å². The van der Waals surface area contributed by atoms with Crippen LogP contribution < -0.4 is 4.90 Å². The molecule has 2 aromatic rings. The molecule has 2 atom stereocenters. The molecule has 0 unspecified atom stereocenters. The van der Waals surface area contributed by atoms with Gasteiger partial charge in [-0.25, -0.2) is 4.39 Å². The Labute approximate surface area is 172 Å². The van der Waals surface area contributed by atoms with E-state index in [1.54, 1.807) is 12.1 Å². The van der Waals surface area contributed by atoms with E-state index in [2.05, 4.69) is 28.7 Å². The highest BCUT2D eigenvalue weighted by molar-refractivity contribution is 5.77. The number of fused-ring (bicyclic) bond motifs is 1. The van der Waals surface area contributed by atoms with Crippen molar-refractivity contribution in [1.29, 1.82) is 0 Å². The molecule has 4 rings (SSSR count). The first kappa shape index (κ1) is 19.9. The second-order valence-corrected chi connectivity index (χ2v) is 9.13. The van der Waals surface area contributed by atoms with Crippen LogP contribution in [0.25, 0.3) is 0 Å². The van der Waals surface area contributed by atoms with Crippen molar-refractivity contribution in [1.82, 2.24) is 14.7 Å². The van der Waals surface area contributed by atoms with Gasteiger partial charge in [0.25, 0.3) is 0 Å². The third-order valence-electron chi connectivity index (χ3n) is 6.48. The summed E-state index contributed by atoms with van der Waals surface area (Å²) in [5, 5.41) is 4.48. The molecule has 1 aromatic carbocycles. The van der Waals surface area contributed by atoms with E-state index < -0.39 is 0 Å². The second kappa shape index (κ2) is 7.47. The van der Waals surface area contributed by atoms with Crippen LogP contribution in [0.4, 0.5) is 10.1 Å². The Kier molecular flexibility index (Phi) is 5.13. The molecule has 5 nitrogen and oxygen atoms in total. The minimum atomic E-state index is -0.213. The number of benzene rings is 1. The smallest absolute Gasteiger partial charge is 0.224 e. The van der Waals surface area contributed by atoms with Crippen LogP contribution in [0, 0.1) is 19.7 Å². The second-order valence-electron chi connectivity index (χ2n) is 9.13. The predicted molar refractivity (Wildman–Crippen MR) is 112 cm³/mol. The lowest BCUT2D eigenvalue weighted by Gasteiger charge is -2.42. The largest absolute Gasteiger partial charge is 0.361 e. The van der Waals surface area contributed by atoms with Crippen molar-refractivity contribution in [2.75, 3.05) is 11.4 Å². The zero-order valence-corrected chi connectivity index (χ0v) is 17.9. The molecule has 2 fully saturated rings. The maximum absolute atomic E-state index is 13.9. The highest BCUT2D eigenvalue weighted by Crippen LogP contribution is 2.43. The standard InChI is InChI=1S/C23H31FN4O/c1-16-13-17(2)27(25-16)12-10-22(29)26-11-6-9-20-21(26)15-23(3,4)28(20)19-8-5-7-18(24)14-19/h5,7-8,13-14,20-21H,6,9-12,15H2,1-4H3/t20-,21-/m0/s1. The Morgan fingerprint density at radius 2 is 2.03 bits per heavy atom. The number of rotatable bonds is 4. The molecule has 2 aliphatic rings. The summed E-state index contributed by atoms with van der Waals surface area (Å²) in [6.07, 6.45) is 3.38. The SMILES string of the molecule is Cc1cc(C)n(CCC(=O)N2CCC[C@H]3[C@@H]2CC(C)(C)N3c2cccc(F)c2)n1. The van der Waals surface area contributed by atoms with Gasteiger partial charge in [0.05, 0.1) is 17.8 Å². The Bertz CT molecular complexity index is 906. The van der Waals surface area contributed by atoms with E-state index >= 15 is 0 Å². The fourth-order valence-corrected chi connectivity index (χ4v) is 5.37. The number of hydrogen-bond donors (Lipinski definition) is 0. The normalized spacial score (nSPS) is 23.3. The zero-order chi connectivity index (χ0) is 20.8. The van der Waals surface area contributed by atoms with Crippen molar-refractivity contribution < 1.29 is 9.18 Å². The molecule has 0 aliphatic carbocycles. The van der Waals surface area contributed by atoms with Gasteiger partial charge in [-0.2, -0.15) is 5.10 Å². The lowest BCUT2D eigenvalue weighted by atomic mass is 9.94. The molecule has 2 saturated heterocycles. The molecule has 0 radical (unpaired) electrons. The molecule has 2 aliphatic heterocycles. The Morgan fingerprint density at radius 1 is 1.24 bits per heavy atom. The van der Waals surface area contributed by atoms with Crippen LogP contribution in [0.15, 0.2) is 30.3 Å². The van der Waals surface area contributed by atoms with Gasteiger partial charge in [0.15, 0.2) is 0 Å². The summed E-state index contributed by atoms with van der Waals surface area (Å²) in [6, 6.07) is 9.31. The van der Waals surface area contributed by atoms with Crippen molar-refractivity contribution in [3.63, 3.8) is 0 Å². The highest BCUT2D eigenvalue weighted by Gasteiger charge is 2.50. The van der Waals surface area contributed by atoms with E-state index in [0.717, 1.165) is 42.9 Å². The lowest BCUT2D eigenvalue weighted by molar-refractivity contribution is -0.135. The van der Waals surface area contributed by atoms with Crippen molar-refractivity contribution in [2.24, 2.45) is 0 Å². The number of amides is 1. The van der Waals surface area contributed by atoms with E-state index in [-0.39, 0.29) is 29.3 Å². The maximum atomic E-state index is 13.9. The van der Waals surface area contributed by atoms with E-state index in [0.29, 0.717) is 13.0 Å². The third-order valence-corrected chi connectivity index (χ3v) is 6.48.